The first-order chi connectivity index (χ1) is 8.26. The Morgan fingerprint density at radius 2 is 2.22 bits per heavy atom. The van der Waals surface area contributed by atoms with Crippen LogP contribution in [0, 0.1) is 12.3 Å². The zero-order chi connectivity index (χ0) is 13.6. The molecule has 1 heterocycles. The van der Waals surface area contributed by atoms with Gasteiger partial charge >= 0.3 is 12.1 Å². The fourth-order valence-corrected chi connectivity index (χ4v) is 3.25. The summed E-state index contributed by atoms with van der Waals surface area (Å²) in [6.45, 7) is 1.69. The summed E-state index contributed by atoms with van der Waals surface area (Å²) >= 11 is 1.15. The SMILES string of the molecule is Cc1ncc(C(CC(=O)O)C2(C(F)(F)F)CC2)s1. The van der Waals surface area contributed by atoms with E-state index >= 15 is 0 Å². The highest BCUT2D eigenvalue weighted by atomic mass is 32.1. The second kappa shape index (κ2) is 4.22. The number of nitrogens with zero attached hydrogens (tertiary/aromatic N) is 1. The van der Waals surface area contributed by atoms with E-state index < -0.39 is 29.9 Å². The number of alkyl halides is 3. The van der Waals surface area contributed by atoms with Crippen LogP contribution in [-0.4, -0.2) is 22.2 Å². The molecule has 7 heteroatoms. The minimum atomic E-state index is -4.36. The van der Waals surface area contributed by atoms with Crippen molar-refractivity contribution in [2.75, 3.05) is 0 Å². The second-order valence-electron chi connectivity index (χ2n) is 4.59. The van der Waals surface area contributed by atoms with Crippen molar-refractivity contribution in [2.45, 2.75) is 38.3 Å². The molecule has 1 aliphatic rings. The van der Waals surface area contributed by atoms with Gasteiger partial charge in [0.1, 0.15) is 0 Å². The Labute approximate surface area is 106 Å². The zero-order valence-corrected chi connectivity index (χ0v) is 10.4. The van der Waals surface area contributed by atoms with Crippen molar-refractivity contribution >= 4 is 17.3 Å². The lowest BCUT2D eigenvalue weighted by Gasteiger charge is -2.27. The number of rotatable bonds is 4. The molecule has 1 fully saturated rings. The van der Waals surface area contributed by atoms with Crippen LogP contribution in [-0.2, 0) is 4.79 Å². The summed E-state index contributed by atoms with van der Waals surface area (Å²) < 4.78 is 39.2. The molecule has 1 atom stereocenters. The first-order valence-electron chi connectivity index (χ1n) is 5.47. The molecule has 0 aromatic carbocycles. The first kappa shape index (κ1) is 13.3. The van der Waals surface area contributed by atoms with Crippen molar-refractivity contribution in [1.82, 2.24) is 4.98 Å². The number of hydrogen-bond donors (Lipinski definition) is 1. The molecule has 1 aromatic heterocycles. The highest BCUT2D eigenvalue weighted by Crippen LogP contribution is 2.66. The minimum absolute atomic E-state index is 0.00535. The van der Waals surface area contributed by atoms with Crippen molar-refractivity contribution in [1.29, 1.82) is 0 Å². The summed E-state index contributed by atoms with van der Waals surface area (Å²) in [5.74, 6) is -2.22. The third-order valence-corrected chi connectivity index (χ3v) is 4.41. The maximum absolute atomic E-state index is 13.1. The number of aryl methyl sites for hydroxylation is 1. The largest absolute Gasteiger partial charge is 0.481 e. The lowest BCUT2D eigenvalue weighted by atomic mass is 9.84. The van der Waals surface area contributed by atoms with E-state index in [1.54, 1.807) is 6.92 Å². The van der Waals surface area contributed by atoms with Gasteiger partial charge in [0.15, 0.2) is 0 Å². The molecule has 100 valence electrons. The third kappa shape index (κ3) is 2.23. The molecule has 1 saturated carbocycles. The molecule has 1 N–H and O–H groups in total. The van der Waals surface area contributed by atoms with Crippen LogP contribution in [0.4, 0.5) is 13.2 Å². The predicted molar refractivity (Wildman–Crippen MR) is 59.6 cm³/mol. The first-order valence-corrected chi connectivity index (χ1v) is 6.29. The van der Waals surface area contributed by atoms with Gasteiger partial charge in [-0.15, -0.1) is 11.3 Å². The van der Waals surface area contributed by atoms with E-state index in [0.29, 0.717) is 9.88 Å². The Balaban J connectivity index is 2.35. The molecule has 0 saturated heterocycles. The van der Waals surface area contributed by atoms with Gasteiger partial charge in [0.05, 0.1) is 16.8 Å². The van der Waals surface area contributed by atoms with E-state index in [4.69, 9.17) is 5.11 Å². The highest BCUT2D eigenvalue weighted by Gasteiger charge is 2.67. The molecule has 0 spiro atoms. The number of carboxylic acids is 1. The van der Waals surface area contributed by atoms with Gasteiger partial charge in [-0.1, -0.05) is 0 Å². The highest BCUT2D eigenvalue weighted by molar-refractivity contribution is 7.11. The number of thiazole rings is 1. The van der Waals surface area contributed by atoms with Crippen LogP contribution in [0.3, 0.4) is 0 Å². The van der Waals surface area contributed by atoms with Crippen LogP contribution in [0.15, 0.2) is 6.20 Å². The van der Waals surface area contributed by atoms with E-state index in [2.05, 4.69) is 4.98 Å². The van der Waals surface area contributed by atoms with Gasteiger partial charge in [-0.05, 0) is 19.8 Å². The van der Waals surface area contributed by atoms with Crippen molar-refractivity contribution in [3.05, 3.63) is 16.1 Å². The molecule has 1 aliphatic carbocycles. The smallest absolute Gasteiger partial charge is 0.395 e. The standard InChI is InChI=1S/C11H12F3NO2S/c1-6-15-5-8(18-6)7(4-9(16)17)10(2-3-10)11(12,13)14/h5,7H,2-4H2,1H3,(H,16,17). The molecular weight excluding hydrogens is 267 g/mol. The monoisotopic (exact) mass is 279 g/mol. The van der Waals surface area contributed by atoms with Crippen LogP contribution >= 0.6 is 11.3 Å². The van der Waals surface area contributed by atoms with Gasteiger partial charge in [0, 0.05) is 17.0 Å². The molecule has 1 aromatic rings. The molecule has 3 nitrogen and oxygen atoms in total. The average Bonchev–Trinajstić information content (AvgIpc) is 2.93. The molecule has 0 radical (unpaired) electrons. The van der Waals surface area contributed by atoms with Crippen LogP contribution in [0.1, 0.15) is 35.1 Å². The van der Waals surface area contributed by atoms with Crippen molar-refractivity contribution < 1.29 is 23.1 Å². The number of carboxylic acid groups (broad SMARTS) is 1. The summed E-state index contributed by atoms with van der Waals surface area (Å²) in [4.78, 5) is 15.2. The Hall–Kier alpha value is -1.11. The predicted octanol–water partition coefficient (Wildman–Crippen LogP) is 3.35. The second-order valence-corrected chi connectivity index (χ2v) is 5.85. The summed E-state index contributed by atoms with van der Waals surface area (Å²) in [5.41, 5.74) is -1.86. The Kier molecular flexibility index (Phi) is 3.12. The van der Waals surface area contributed by atoms with Gasteiger partial charge in [-0.3, -0.25) is 4.79 Å². The van der Waals surface area contributed by atoms with Gasteiger partial charge in [-0.2, -0.15) is 13.2 Å². The van der Waals surface area contributed by atoms with Crippen LogP contribution < -0.4 is 0 Å². The fraction of sp³-hybridized carbons (Fsp3) is 0.636. The van der Waals surface area contributed by atoms with Gasteiger partial charge in [0.25, 0.3) is 0 Å². The summed E-state index contributed by atoms with van der Waals surface area (Å²) in [6.07, 6.45) is -3.47. The van der Waals surface area contributed by atoms with E-state index in [1.165, 1.54) is 6.20 Å². The molecule has 0 bridgehead atoms. The van der Waals surface area contributed by atoms with Gasteiger partial charge < -0.3 is 5.11 Å². The number of aliphatic carboxylic acids is 1. The molecule has 1 unspecified atom stereocenters. The van der Waals surface area contributed by atoms with E-state index in [9.17, 15) is 18.0 Å². The Morgan fingerprint density at radius 3 is 2.56 bits per heavy atom. The van der Waals surface area contributed by atoms with Crippen molar-refractivity contribution in [3.8, 4) is 0 Å². The van der Waals surface area contributed by atoms with Gasteiger partial charge in [-0.25, -0.2) is 4.98 Å². The maximum atomic E-state index is 13.1. The van der Waals surface area contributed by atoms with Crippen molar-refractivity contribution in [3.63, 3.8) is 0 Å². The Morgan fingerprint density at radius 1 is 1.61 bits per heavy atom. The summed E-state index contributed by atoms with van der Waals surface area (Å²) in [5, 5.41) is 9.48. The quantitative estimate of drug-likeness (QED) is 0.919. The molecule has 0 amide bonds. The maximum Gasteiger partial charge on any atom is 0.395 e. The fourth-order valence-electron chi connectivity index (χ4n) is 2.25. The zero-order valence-electron chi connectivity index (χ0n) is 9.62. The van der Waals surface area contributed by atoms with E-state index in [0.717, 1.165) is 11.3 Å². The third-order valence-electron chi connectivity index (χ3n) is 3.38. The number of carbonyl (C=O) groups is 1. The Bertz CT molecular complexity index is 465. The van der Waals surface area contributed by atoms with Crippen molar-refractivity contribution in [2.24, 2.45) is 5.41 Å². The number of hydrogen-bond acceptors (Lipinski definition) is 3. The number of halogens is 3. The lowest BCUT2D eigenvalue weighted by Crippen LogP contribution is -2.32. The van der Waals surface area contributed by atoms with E-state index in [-0.39, 0.29) is 12.8 Å². The van der Waals surface area contributed by atoms with E-state index in [1.807, 2.05) is 0 Å². The lowest BCUT2D eigenvalue weighted by molar-refractivity contribution is -0.195. The van der Waals surface area contributed by atoms with Crippen LogP contribution in [0.2, 0.25) is 0 Å². The minimum Gasteiger partial charge on any atom is -0.481 e. The number of aromatic nitrogens is 1. The molecule has 2 rings (SSSR count). The summed E-state index contributed by atoms with van der Waals surface area (Å²) in [7, 11) is 0. The topological polar surface area (TPSA) is 50.2 Å². The molecule has 0 aliphatic heterocycles. The average molecular weight is 279 g/mol. The molecular formula is C11H12F3NO2S. The molecule has 18 heavy (non-hydrogen) atoms. The van der Waals surface area contributed by atoms with Crippen LogP contribution in [0.5, 0.6) is 0 Å². The normalized spacial score (nSPS) is 19.6. The summed E-state index contributed by atoms with van der Waals surface area (Å²) in [6, 6.07) is 0. The van der Waals surface area contributed by atoms with Gasteiger partial charge in [0.2, 0.25) is 0 Å². The van der Waals surface area contributed by atoms with Crippen LogP contribution in [0.25, 0.3) is 0 Å².